The van der Waals surface area contributed by atoms with Crippen molar-refractivity contribution in [2.45, 2.75) is 26.2 Å². The van der Waals surface area contributed by atoms with Gasteiger partial charge in [-0.1, -0.05) is 30.3 Å². The SMILES string of the molecule is COc1ccc(CCC(=O)OCC(=O)NCCc2ccccc2C)cc1OC. The number of esters is 1. The molecule has 150 valence electrons. The highest BCUT2D eigenvalue weighted by Gasteiger charge is 2.10. The Kier molecular flexibility index (Phi) is 8.34. The highest BCUT2D eigenvalue weighted by molar-refractivity contribution is 5.80. The van der Waals surface area contributed by atoms with Gasteiger partial charge in [0.2, 0.25) is 0 Å². The number of carbonyl (C=O) groups is 2. The van der Waals surface area contributed by atoms with Crippen LogP contribution in [0.5, 0.6) is 11.5 Å². The molecule has 0 atom stereocenters. The molecular weight excluding hydrogens is 358 g/mol. The molecule has 0 fully saturated rings. The van der Waals surface area contributed by atoms with Crippen molar-refractivity contribution in [1.82, 2.24) is 5.32 Å². The van der Waals surface area contributed by atoms with Gasteiger partial charge in [-0.15, -0.1) is 0 Å². The third-order valence-corrected chi connectivity index (χ3v) is 4.41. The van der Waals surface area contributed by atoms with Crippen LogP contribution in [0.25, 0.3) is 0 Å². The minimum Gasteiger partial charge on any atom is -0.493 e. The maximum absolute atomic E-state index is 11.9. The summed E-state index contributed by atoms with van der Waals surface area (Å²) in [4.78, 5) is 23.7. The smallest absolute Gasteiger partial charge is 0.306 e. The average molecular weight is 385 g/mol. The molecule has 2 aromatic rings. The predicted molar refractivity (Wildman–Crippen MR) is 107 cm³/mol. The molecule has 0 saturated carbocycles. The Morgan fingerprint density at radius 1 is 0.964 bits per heavy atom. The molecule has 2 aromatic carbocycles. The van der Waals surface area contributed by atoms with Crippen LogP contribution in [0.2, 0.25) is 0 Å². The minimum absolute atomic E-state index is 0.186. The second-order valence-electron chi connectivity index (χ2n) is 6.38. The Balaban J connectivity index is 1.68. The van der Waals surface area contributed by atoms with Gasteiger partial charge in [0.25, 0.3) is 5.91 Å². The summed E-state index contributed by atoms with van der Waals surface area (Å²) in [5.74, 6) is 0.537. The monoisotopic (exact) mass is 385 g/mol. The molecule has 0 aliphatic heterocycles. The molecule has 0 spiro atoms. The summed E-state index contributed by atoms with van der Waals surface area (Å²) < 4.78 is 15.5. The number of hydrogen-bond donors (Lipinski definition) is 1. The van der Waals surface area contributed by atoms with E-state index in [1.807, 2.05) is 43.3 Å². The largest absolute Gasteiger partial charge is 0.493 e. The number of carbonyl (C=O) groups excluding carboxylic acids is 2. The Morgan fingerprint density at radius 2 is 1.71 bits per heavy atom. The number of amides is 1. The van der Waals surface area contributed by atoms with Crippen LogP contribution in [0.15, 0.2) is 42.5 Å². The van der Waals surface area contributed by atoms with Gasteiger partial charge in [-0.2, -0.15) is 0 Å². The van der Waals surface area contributed by atoms with Gasteiger partial charge < -0.3 is 19.5 Å². The fourth-order valence-corrected chi connectivity index (χ4v) is 2.78. The van der Waals surface area contributed by atoms with Gasteiger partial charge in [-0.05, 0) is 48.6 Å². The molecule has 0 aliphatic rings. The number of rotatable bonds is 10. The topological polar surface area (TPSA) is 73.9 Å². The third kappa shape index (κ3) is 6.61. The first kappa shape index (κ1) is 21.3. The molecule has 0 bridgehead atoms. The lowest BCUT2D eigenvalue weighted by Gasteiger charge is -2.10. The van der Waals surface area contributed by atoms with Crippen LogP contribution < -0.4 is 14.8 Å². The van der Waals surface area contributed by atoms with Crippen molar-refractivity contribution in [2.75, 3.05) is 27.4 Å². The summed E-state index contributed by atoms with van der Waals surface area (Å²) in [6.07, 6.45) is 1.42. The maximum Gasteiger partial charge on any atom is 0.306 e. The van der Waals surface area contributed by atoms with E-state index < -0.39 is 5.97 Å². The number of methoxy groups -OCH3 is 2. The number of hydrogen-bond acceptors (Lipinski definition) is 5. The van der Waals surface area contributed by atoms with Gasteiger partial charge >= 0.3 is 5.97 Å². The lowest BCUT2D eigenvalue weighted by Crippen LogP contribution is -2.30. The summed E-state index contributed by atoms with van der Waals surface area (Å²) in [6.45, 7) is 2.28. The molecular formula is C22H27NO5. The fourth-order valence-electron chi connectivity index (χ4n) is 2.78. The Bertz CT molecular complexity index is 803. The van der Waals surface area contributed by atoms with Crippen molar-refractivity contribution in [2.24, 2.45) is 0 Å². The van der Waals surface area contributed by atoms with E-state index in [4.69, 9.17) is 14.2 Å². The summed E-state index contributed by atoms with van der Waals surface area (Å²) in [7, 11) is 3.13. The number of benzene rings is 2. The first-order valence-corrected chi connectivity index (χ1v) is 9.21. The number of nitrogens with one attached hydrogen (secondary N) is 1. The molecule has 0 aromatic heterocycles. The normalized spacial score (nSPS) is 10.2. The van der Waals surface area contributed by atoms with Crippen LogP contribution >= 0.6 is 0 Å². The Morgan fingerprint density at radius 3 is 2.43 bits per heavy atom. The quantitative estimate of drug-likeness (QED) is 0.637. The zero-order chi connectivity index (χ0) is 20.4. The van der Waals surface area contributed by atoms with E-state index in [1.165, 1.54) is 11.1 Å². The molecule has 1 N–H and O–H groups in total. The Hall–Kier alpha value is -3.02. The average Bonchev–Trinajstić information content (AvgIpc) is 2.71. The molecule has 6 heteroatoms. The van der Waals surface area contributed by atoms with Crippen LogP contribution in [-0.2, 0) is 27.2 Å². The standard InChI is InChI=1S/C22H27NO5/c1-16-6-4-5-7-18(16)12-13-23-21(24)15-28-22(25)11-9-17-8-10-19(26-2)20(14-17)27-3/h4-8,10,14H,9,11-13,15H2,1-3H3,(H,23,24). The van der Waals surface area contributed by atoms with Crippen LogP contribution in [-0.4, -0.2) is 39.2 Å². The molecule has 0 unspecified atom stereocenters. The second kappa shape index (κ2) is 11.0. The van der Waals surface area contributed by atoms with Crippen molar-refractivity contribution in [3.63, 3.8) is 0 Å². The molecule has 0 radical (unpaired) electrons. The molecule has 28 heavy (non-hydrogen) atoms. The summed E-state index contributed by atoms with van der Waals surface area (Å²) >= 11 is 0. The number of aryl methyl sites for hydroxylation is 2. The molecule has 2 rings (SSSR count). The van der Waals surface area contributed by atoms with Gasteiger partial charge in [-0.25, -0.2) is 0 Å². The van der Waals surface area contributed by atoms with Crippen LogP contribution in [0.1, 0.15) is 23.1 Å². The highest BCUT2D eigenvalue weighted by Crippen LogP contribution is 2.27. The highest BCUT2D eigenvalue weighted by atomic mass is 16.5. The van der Waals surface area contributed by atoms with Gasteiger partial charge in [-0.3, -0.25) is 9.59 Å². The zero-order valence-corrected chi connectivity index (χ0v) is 16.6. The van der Waals surface area contributed by atoms with E-state index in [0.29, 0.717) is 24.5 Å². The van der Waals surface area contributed by atoms with Crippen LogP contribution in [0.3, 0.4) is 0 Å². The van der Waals surface area contributed by atoms with Gasteiger partial charge in [0, 0.05) is 13.0 Å². The van der Waals surface area contributed by atoms with Gasteiger partial charge in [0.15, 0.2) is 18.1 Å². The predicted octanol–water partition coefficient (Wildman–Crippen LogP) is 2.85. The third-order valence-electron chi connectivity index (χ3n) is 4.41. The summed E-state index contributed by atoms with van der Waals surface area (Å²) in [5, 5.41) is 2.77. The van der Waals surface area contributed by atoms with Gasteiger partial charge in [0.1, 0.15) is 0 Å². The van der Waals surface area contributed by atoms with Crippen molar-refractivity contribution < 1.29 is 23.8 Å². The van der Waals surface area contributed by atoms with E-state index in [2.05, 4.69) is 5.32 Å². The van der Waals surface area contributed by atoms with E-state index in [9.17, 15) is 9.59 Å². The van der Waals surface area contributed by atoms with Crippen molar-refractivity contribution in [3.8, 4) is 11.5 Å². The first-order valence-electron chi connectivity index (χ1n) is 9.21. The molecule has 0 aliphatic carbocycles. The minimum atomic E-state index is -0.413. The van der Waals surface area contributed by atoms with E-state index >= 15 is 0 Å². The molecule has 1 amide bonds. The molecule has 0 saturated heterocycles. The second-order valence-corrected chi connectivity index (χ2v) is 6.38. The van der Waals surface area contributed by atoms with E-state index in [-0.39, 0.29) is 18.9 Å². The molecule has 0 heterocycles. The first-order chi connectivity index (χ1) is 13.5. The van der Waals surface area contributed by atoms with Crippen molar-refractivity contribution in [1.29, 1.82) is 0 Å². The number of ether oxygens (including phenoxy) is 3. The fraction of sp³-hybridized carbons (Fsp3) is 0.364. The lowest BCUT2D eigenvalue weighted by atomic mass is 10.1. The van der Waals surface area contributed by atoms with Crippen molar-refractivity contribution in [3.05, 3.63) is 59.2 Å². The zero-order valence-electron chi connectivity index (χ0n) is 16.6. The Labute approximate surface area is 165 Å². The van der Waals surface area contributed by atoms with E-state index in [0.717, 1.165) is 12.0 Å². The van der Waals surface area contributed by atoms with Crippen molar-refractivity contribution >= 4 is 11.9 Å². The molecule has 6 nitrogen and oxygen atoms in total. The lowest BCUT2D eigenvalue weighted by molar-refractivity contribution is -0.148. The van der Waals surface area contributed by atoms with E-state index in [1.54, 1.807) is 20.3 Å². The van der Waals surface area contributed by atoms with Crippen LogP contribution in [0.4, 0.5) is 0 Å². The summed E-state index contributed by atoms with van der Waals surface area (Å²) in [5.41, 5.74) is 3.31. The summed E-state index contributed by atoms with van der Waals surface area (Å²) in [6, 6.07) is 13.5. The maximum atomic E-state index is 11.9. The van der Waals surface area contributed by atoms with Gasteiger partial charge in [0.05, 0.1) is 14.2 Å². The van der Waals surface area contributed by atoms with Crippen LogP contribution in [0, 0.1) is 6.92 Å².